The lowest BCUT2D eigenvalue weighted by Gasteiger charge is -2.31. The van der Waals surface area contributed by atoms with Crippen LogP contribution < -0.4 is 14.8 Å². The van der Waals surface area contributed by atoms with Gasteiger partial charge in [-0.3, -0.25) is 4.79 Å². The third-order valence-corrected chi connectivity index (χ3v) is 6.54. The lowest BCUT2D eigenvalue weighted by atomic mass is 9.93. The number of benzene rings is 2. The average Bonchev–Trinajstić information content (AvgIpc) is 2.93. The van der Waals surface area contributed by atoms with Crippen molar-refractivity contribution in [1.82, 2.24) is 10.3 Å². The van der Waals surface area contributed by atoms with Crippen LogP contribution in [-0.2, 0) is 9.53 Å². The van der Waals surface area contributed by atoms with Crippen LogP contribution in [0.2, 0.25) is 0 Å². The minimum Gasteiger partial charge on any atom is -0.503 e. The Bertz CT molecular complexity index is 1200. The van der Waals surface area contributed by atoms with Crippen LogP contribution in [-0.4, -0.2) is 47.3 Å². The normalized spacial score (nSPS) is 13.3. The fourth-order valence-electron chi connectivity index (χ4n) is 4.29. The van der Waals surface area contributed by atoms with E-state index in [0.717, 1.165) is 24.0 Å². The topological polar surface area (TPSA) is 107 Å². The van der Waals surface area contributed by atoms with E-state index in [2.05, 4.69) is 36.3 Å². The largest absolute Gasteiger partial charge is 0.503 e. The Hall–Kier alpha value is -4.07. The van der Waals surface area contributed by atoms with Crippen LogP contribution in [0.25, 0.3) is 11.1 Å². The zero-order valence-corrected chi connectivity index (χ0v) is 22.5. The predicted molar refractivity (Wildman–Crippen MR) is 145 cm³/mol. The first-order valence-electron chi connectivity index (χ1n) is 12.8. The SMILES string of the molecule is CCC(CC)[C@@H](Oc1ccc(-c2ccccc2)cc1)[C@H](C)OC(=O)[C@H](C)NC(=O)c1nccc(OC)c1O. The standard InChI is InChI=1S/C30H36N2O6/c1-6-21(7-2)28(38-24-15-13-23(14-16-24)22-11-9-8-10-12-22)20(4)37-30(35)19(3)32-29(34)26-27(33)25(36-5)17-18-31-26/h8-21,28,33H,6-7H2,1-5H3,(H,32,34)/t19-,20-,28-/m0/s1. The molecule has 1 aromatic heterocycles. The number of carbonyl (C=O) groups excluding carboxylic acids is 2. The van der Waals surface area contributed by atoms with Crippen molar-refractivity contribution in [3.8, 4) is 28.4 Å². The molecular formula is C30H36N2O6. The molecule has 0 saturated carbocycles. The van der Waals surface area contributed by atoms with E-state index < -0.39 is 29.8 Å². The van der Waals surface area contributed by atoms with Gasteiger partial charge < -0.3 is 24.6 Å². The highest BCUT2D eigenvalue weighted by Crippen LogP contribution is 2.29. The smallest absolute Gasteiger partial charge is 0.328 e. The van der Waals surface area contributed by atoms with E-state index in [9.17, 15) is 14.7 Å². The molecule has 0 aliphatic rings. The molecule has 0 aliphatic heterocycles. The molecule has 3 atom stereocenters. The van der Waals surface area contributed by atoms with Crippen LogP contribution in [0.15, 0.2) is 66.9 Å². The van der Waals surface area contributed by atoms with E-state index in [1.54, 1.807) is 6.92 Å². The van der Waals surface area contributed by atoms with Gasteiger partial charge >= 0.3 is 5.97 Å². The molecule has 0 fully saturated rings. The summed E-state index contributed by atoms with van der Waals surface area (Å²) in [6.45, 7) is 7.46. The third-order valence-electron chi connectivity index (χ3n) is 6.54. The number of aromatic hydroxyl groups is 1. The van der Waals surface area contributed by atoms with Gasteiger partial charge in [-0.05, 0) is 55.9 Å². The summed E-state index contributed by atoms with van der Waals surface area (Å²) in [5.74, 6) is -0.797. The van der Waals surface area contributed by atoms with Crippen molar-refractivity contribution in [1.29, 1.82) is 0 Å². The molecule has 0 unspecified atom stereocenters. The van der Waals surface area contributed by atoms with E-state index >= 15 is 0 Å². The van der Waals surface area contributed by atoms with Crippen LogP contribution >= 0.6 is 0 Å². The van der Waals surface area contributed by atoms with E-state index in [0.29, 0.717) is 5.75 Å². The van der Waals surface area contributed by atoms with Crippen LogP contribution in [0.4, 0.5) is 0 Å². The Balaban J connectivity index is 1.68. The Morgan fingerprint density at radius 3 is 2.18 bits per heavy atom. The molecule has 1 amide bonds. The molecule has 38 heavy (non-hydrogen) atoms. The van der Waals surface area contributed by atoms with E-state index in [-0.39, 0.29) is 23.5 Å². The molecule has 1 heterocycles. The van der Waals surface area contributed by atoms with Gasteiger partial charge in [0.15, 0.2) is 17.2 Å². The zero-order valence-electron chi connectivity index (χ0n) is 22.5. The highest BCUT2D eigenvalue weighted by molar-refractivity contribution is 5.97. The summed E-state index contributed by atoms with van der Waals surface area (Å²) < 4.78 is 17.1. The van der Waals surface area contributed by atoms with Gasteiger partial charge in [-0.2, -0.15) is 0 Å². The maximum atomic E-state index is 12.9. The molecule has 0 radical (unpaired) electrons. The van der Waals surface area contributed by atoms with Gasteiger partial charge in [-0.25, -0.2) is 9.78 Å². The summed E-state index contributed by atoms with van der Waals surface area (Å²) in [5.41, 5.74) is 1.96. The van der Waals surface area contributed by atoms with Crippen molar-refractivity contribution in [3.05, 3.63) is 72.6 Å². The minimum absolute atomic E-state index is 0.107. The number of methoxy groups -OCH3 is 1. The molecule has 8 nitrogen and oxygen atoms in total. The number of esters is 1. The van der Waals surface area contributed by atoms with Crippen molar-refractivity contribution < 1.29 is 28.9 Å². The van der Waals surface area contributed by atoms with Gasteiger partial charge in [0.1, 0.15) is 24.0 Å². The number of pyridine rings is 1. The molecule has 0 bridgehead atoms. The summed E-state index contributed by atoms with van der Waals surface area (Å²) in [4.78, 5) is 29.4. The van der Waals surface area contributed by atoms with Crippen LogP contribution in [0, 0.1) is 5.92 Å². The number of rotatable bonds is 12. The second kappa shape index (κ2) is 13.5. The van der Waals surface area contributed by atoms with Gasteiger partial charge in [0.2, 0.25) is 0 Å². The fraction of sp³-hybridized carbons (Fsp3) is 0.367. The summed E-state index contributed by atoms with van der Waals surface area (Å²) in [5, 5.41) is 12.7. The first-order chi connectivity index (χ1) is 18.3. The number of hydrogen-bond donors (Lipinski definition) is 2. The molecular weight excluding hydrogens is 484 g/mol. The molecule has 2 aromatic carbocycles. The van der Waals surface area contributed by atoms with Crippen LogP contribution in [0.3, 0.4) is 0 Å². The Kier molecular flexibility index (Phi) is 10.1. The predicted octanol–water partition coefficient (Wildman–Crippen LogP) is 5.40. The summed E-state index contributed by atoms with van der Waals surface area (Å²) in [6, 6.07) is 18.4. The summed E-state index contributed by atoms with van der Waals surface area (Å²) >= 11 is 0. The minimum atomic E-state index is -0.982. The van der Waals surface area contributed by atoms with E-state index in [4.69, 9.17) is 14.2 Å². The van der Waals surface area contributed by atoms with Crippen molar-refractivity contribution >= 4 is 11.9 Å². The van der Waals surface area contributed by atoms with Crippen molar-refractivity contribution in [2.24, 2.45) is 5.92 Å². The summed E-state index contributed by atoms with van der Waals surface area (Å²) in [6.07, 6.45) is 2.06. The van der Waals surface area contributed by atoms with Gasteiger partial charge in [0.05, 0.1) is 7.11 Å². The number of hydrogen-bond acceptors (Lipinski definition) is 7. The molecule has 0 saturated heterocycles. The Labute approximate surface area is 224 Å². The lowest BCUT2D eigenvalue weighted by Crippen LogP contribution is -2.45. The van der Waals surface area contributed by atoms with Gasteiger partial charge in [-0.15, -0.1) is 0 Å². The molecule has 2 N–H and O–H groups in total. The molecule has 8 heteroatoms. The number of amides is 1. The Morgan fingerprint density at radius 2 is 1.58 bits per heavy atom. The van der Waals surface area contributed by atoms with Crippen molar-refractivity contribution in [2.45, 2.75) is 58.8 Å². The molecule has 0 aliphatic carbocycles. The number of carbonyl (C=O) groups is 2. The first kappa shape index (κ1) is 28.5. The average molecular weight is 521 g/mol. The zero-order chi connectivity index (χ0) is 27.7. The quantitative estimate of drug-likeness (QED) is 0.308. The summed E-state index contributed by atoms with van der Waals surface area (Å²) in [7, 11) is 1.37. The maximum absolute atomic E-state index is 12.9. The second-order valence-electron chi connectivity index (χ2n) is 9.10. The lowest BCUT2D eigenvalue weighted by molar-refractivity contribution is -0.156. The molecule has 0 spiro atoms. The molecule has 3 rings (SSSR count). The maximum Gasteiger partial charge on any atom is 0.328 e. The van der Waals surface area contributed by atoms with E-state index in [1.165, 1.54) is 26.3 Å². The van der Waals surface area contributed by atoms with Gasteiger partial charge in [0, 0.05) is 12.3 Å². The van der Waals surface area contributed by atoms with Crippen LogP contribution in [0.5, 0.6) is 17.2 Å². The first-order valence-corrected chi connectivity index (χ1v) is 12.8. The fourth-order valence-corrected chi connectivity index (χ4v) is 4.29. The third kappa shape index (κ3) is 7.03. The monoisotopic (exact) mass is 520 g/mol. The van der Waals surface area contributed by atoms with Crippen LogP contribution in [0.1, 0.15) is 51.0 Å². The molecule has 3 aromatic rings. The van der Waals surface area contributed by atoms with Gasteiger partial charge in [-0.1, -0.05) is 56.3 Å². The van der Waals surface area contributed by atoms with Crippen molar-refractivity contribution in [2.75, 3.05) is 7.11 Å². The molecule has 202 valence electrons. The number of nitrogens with zero attached hydrogens (tertiary/aromatic N) is 1. The Morgan fingerprint density at radius 1 is 0.947 bits per heavy atom. The van der Waals surface area contributed by atoms with Gasteiger partial charge in [0.25, 0.3) is 5.91 Å². The highest BCUT2D eigenvalue weighted by Gasteiger charge is 2.31. The second-order valence-corrected chi connectivity index (χ2v) is 9.10. The number of ether oxygens (including phenoxy) is 3. The van der Waals surface area contributed by atoms with Crippen molar-refractivity contribution in [3.63, 3.8) is 0 Å². The number of aromatic nitrogens is 1. The number of nitrogens with one attached hydrogen (secondary N) is 1. The highest BCUT2D eigenvalue weighted by atomic mass is 16.6. The van der Waals surface area contributed by atoms with E-state index in [1.807, 2.05) is 42.5 Å².